The summed E-state index contributed by atoms with van der Waals surface area (Å²) in [5, 5.41) is 28.9. The number of rotatable bonds is 4. The largest absolute Gasteiger partial charge is 2.00 e. The van der Waals surface area contributed by atoms with Crippen molar-refractivity contribution in [3.63, 3.8) is 0 Å². The van der Waals surface area contributed by atoms with Crippen LogP contribution in [-0.2, 0) is 33.0 Å². The number of hydrogen-bond acceptors (Lipinski definition) is 8. The van der Waals surface area contributed by atoms with Crippen LogP contribution < -0.4 is 92.2 Å². The molecule has 2 aliphatic heterocycles. The van der Waals surface area contributed by atoms with Crippen LogP contribution in [0.25, 0.3) is 0 Å². The fraction of sp³-hybridized carbons (Fsp3) is 1.00. The summed E-state index contributed by atoms with van der Waals surface area (Å²) in [6, 6.07) is 0. The smallest absolute Gasteiger partial charge is 1.00 e. The van der Waals surface area contributed by atoms with Gasteiger partial charge in [0.05, 0.1) is 0 Å². The second-order valence-electron chi connectivity index (χ2n) is 9.19. The van der Waals surface area contributed by atoms with Crippen molar-refractivity contribution in [3.05, 3.63) is 0 Å². The first-order chi connectivity index (χ1) is 15.4. The number of hydrogen-bond donors (Lipinski definition) is 8. The molecule has 8 nitrogen and oxygen atoms in total. The Hall–Kier alpha value is 1.83. The summed E-state index contributed by atoms with van der Waals surface area (Å²) in [5.41, 5.74) is 0. The Labute approximate surface area is 272 Å². The monoisotopic (exact) mass is 696 g/mol. The molecular weight excluding hydrogens is 648 g/mol. The predicted molar refractivity (Wildman–Crippen MR) is 133 cm³/mol. The minimum atomic E-state index is 0. The van der Waals surface area contributed by atoms with Crippen LogP contribution in [0, 0.1) is 11.8 Å². The van der Waals surface area contributed by atoms with Gasteiger partial charge in [-0.2, -0.15) is 0 Å². The van der Waals surface area contributed by atoms with Crippen molar-refractivity contribution in [2.45, 2.75) is 32.1 Å². The van der Waals surface area contributed by atoms with Gasteiger partial charge in [0.25, 0.3) is 0 Å². The fourth-order valence-electron chi connectivity index (χ4n) is 4.36. The minimum absolute atomic E-state index is 0. The van der Waals surface area contributed by atoms with Crippen molar-refractivity contribution < 1.29 is 82.6 Å². The van der Waals surface area contributed by atoms with Gasteiger partial charge in [0.2, 0.25) is 0 Å². The van der Waals surface area contributed by atoms with E-state index in [-0.39, 0.29) is 82.6 Å². The molecule has 0 bridgehead atoms. The van der Waals surface area contributed by atoms with Crippen molar-refractivity contribution in [1.29, 1.82) is 0 Å². The van der Waals surface area contributed by atoms with Crippen LogP contribution in [0.3, 0.4) is 0 Å². The predicted octanol–water partition coefficient (Wildman–Crippen LogP) is -13.1. The summed E-state index contributed by atoms with van der Waals surface area (Å²) in [4.78, 5) is 0. The molecule has 14 heteroatoms. The van der Waals surface area contributed by atoms with Crippen LogP contribution in [0.2, 0.25) is 0 Å². The van der Waals surface area contributed by atoms with Crippen LogP contribution in [0.15, 0.2) is 0 Å². The Kier molecular flexibility index (Phi) is 49.6. The average molecular weight is 700 g/mol. The van der Waals surface area contributed by atoms with Gasteiger partial charge in [-0.1, -0.05) is 6.42 Å². The van der Waals surface area contributed by atoms with E-state index in [1.807, 2.05) is 0 Å². The maximum absolute atomic E-state index is 3.68. The molecule has 2 aliphatic rings. The molecule has 37 heavy (non-hydrogen) atoms. The molecule has 0 aromatic heterocycles. The Balaban J connectivity index is -0.000000569. The quantitative estimate of drug-likeness (QED) is 0.137. The van der Waals surface area contributed by atoms with E-state index < -0.39 is 0 Å². The van der Waals surface area contributed by atoms with Crippen molar-refractivity contribution in [2.75, 3.05) is 105 Å². The number of halogens is 4. The SMILES string of the molecule is C1CNCCNCC(CCCC2CNCCNCCCNCCNC2)CNCCNC1.[Cl-].[Cl-].[Cl-].[Cl-].[Ni+2].[Ni+2]. The summed E-state index contributed by atoms with van der Waals surface area (Å²) < 4.78 is 0. The van der Waals surface area contributed by atoms with Crippen LogP contribution >= 0.6 is 0 Å². The Morgan fingerprint density at radius 2 is 0.595 bits per heavy atom. The molecule has 0 aliphatic carbocycles. The van der Waals surface area contributed by atoms with E-state index in [0.29, 0.717) is 0 Å². The van der Waals surface area contributed by atoms with Crippen LogP contribution in [0.1, 0.15) is 32.1 Å². The third-order valence-electron chi connectivity index (χ3n) is 6.29. The molecular formula is C23H52Cl4N8Ni2. The van der Waals surface area contributed by atoms with Crippen LogP contribution in [-0.4, -0.2) is 105 Å². The van der Waals surface area contributed by atoms with Gasteiger partial charge in [-0.3, -0.25) is 0 Å². The zero-order chi connectivity index (χ0) is 21.7. The Morgan fingerprint density at radius 1 is 0.351 bits per heavy atom. The van der Waals surface area contributed by atoms with Gasteiger partial charge in [-0.05, 0) is 89.9 Å². The maximum atomic E-state index is 3.68. The third-order valence-corrected chi connectivity index (χ3v) is 6.29. The van der Waals surface area contributed by atoms with E-state index >= 15 is 0 Å². The van der Waals surface area contributed by atoms with E-state index in [4.69, 9.17) is 0 Å². The minimum Gasteiger partial charge on any atom is -1.00 e. The van der Waals surface area contributed by atoms with Crippen molar-refractivity contribution >= 4 is 0 Å². The van der Waals surface area contributed by atoms with Gasteiger partial charge >= 0.3 is 33.0 Å². The summed E-state index contributed by atoms with van der Waals surface area (Å²) >= 11 is 0. The van der Waals surface area contributed by atoms with Crippen molar-refractivity contribution in [2.24, 2.45) is 11.8 Å². The molecule has 0 radical (unpaired) electrons. The molecule has 232 valence electrons. The van der Waals surface area contributed by atoms with Crippen LogP contribution in [0.4, 0.5) is 0 Å². The molecule has 0 spiro atoms. The van der Waals surface area contributed by atoms with Gasteiger partial charge in [-0.15, -0.1) is 0 Å². The fourth-order valence-corrected chi connectivity index (χ4v) is 4.36. The molecule has 2 saturated heterocycles. The van der Waals surface area contributed by atoms with Gasteiger partial charge < -0.3 is 92.2 Å². The second kappa shape index (κ2) is 37.8. The third kappa shape index (κ3) is 30.6. The summed E-state index contributed by atoms with van der Waals surface area (Å²) in [6.45, 7) is 17.5. The average Bonchev–Trinajstić information content (AvgIpc) is 2.78. The molecule has 2 fully saturated rings. The molecule has 0 atom stereocenters. The Morgan fingerprint density at radius 3 is 0.865 bits per heavy atom. The number of nitrogens with one attached hydrogen (secondary N) is 8. The van der Waals surface area contributed by atoms with E-state index in [9.17, 15) is 0 Å². The van der Waals surface area contributed by atoms with E-state index in [0.717, 1.165) is 117 Å². The first-order valence-corrected chi connectivity index (χ1v) is 13.1. The zero-order valence-corrected chi connectivity index (χ0v) is 27.1. The van der Waals surface area contributed by atoms with Crippen molar-refractivity contribution in [3.8, 4) is 0 Å². The molecule has 0 unspecified atom stereocenters. The summed E-state index contributed by atoms with van der Waals surface area (Å²) in [5.74, 6) is 1.44. The molecule has 0 aromatic carbocycles. The molecule has 0 aromatic rings. The van der Waals surface area contributed by atoms with Gasteiger partial charge in [0.1, 0.15) is 0 Å². The van der Waals surface area contributed by atoms with Gasteiger partial charge in [-0.25, -0.2) is 0 Å². The summed E-state index contributed by atoms with van der Waals surface area (Å²) in [6.07, 6.45) is 6.34. The standard InChI is InChI=1S/C23H52N8.4ClH.2Ni/c1(4-22-18-28-14-10-24-6-2-7-25-11-15-29-19-22)5-23-20-30-16-12-26-8-3-9-27-13-17-31-21-23;;;;;;/h22-31H,1-21H2;4*1H;;/q;;;;;2*+2/p-4. The van der Waals surface area contributed by atoms with Crippen LogP contribution in [0.5, 0.6) is 0 Å². The molecule has 2 rings (SSSR count). The maximum Gasteiger partial charge on any atom is 2.00 e. The molecule has 2 heterocycles. The second-order valence-corrected chi connectivity index (χ2v) is 9.19. The van der Waals surface area contributed by atoms with E-state index in [2.05, 4.69) is 42.5 Å². The first-order valence-electron chi connectivity index (χ1n) is 13.1. The van der Waals surface area contributed by atoms with Gasteiger partial charge in [0, 0.05) is 52.4 Å². The van der Waals surface area contributed by atoms with Gasteiger partial charge in [0.15, 0.2) is 0 Å². The zero-order valence-electron chi connectivity index (χ0n) is 22.1. The van der Waals surface area contributed by atoms with Crippen molar-refractivity contribution in [1.82, 2.24) is 42.5 Å². The topological polar surface area (TPSA) is 96.2 Å². The molecule has 0 amide bonds. The Bertz CT molecular complexity index is 352. The normalized spacial score (nSPS) is 20.8. The van der Waals surface area contributed by atoms with E-state index in [1.54, 1.807) is 0 Å². The molecule has 0 saturated carbocycles. The summed E-state index contributed by atoms with van der Waals surface area (Å²) in [7, 11) is 0. The first kappa shape index (κ1) is 48.6. The molecule has 8 N–H and O–H groups in total. The van der Waals surface area contributed by atoms with E-state index in [1.165, 1.54) is 32.1 Å².